The molecule has 3 aromatic carbocycles. The molecule has 0 aliphatic heterocycles. The molecule has 1 aromatic heterocycles. The molecule has 0 saturated heterocycles. The third kappa shape index (κ3) is 6.22. The second kappa shape index (κ2) is 11.5. The van der Waals surface area contributed by atoms with Gasteiger partial charge in [0.1, 0.15) is 11.5 Å². The van der Waals surface area contributed by atoms with Gasteiger partial charge in [-0.1, -0.05) is 12.1 Å². The first-order valence-electron chi connectivity index (χ1n) is 11.1. The molecule has 0 unspecified atom stereocenters. The summed E-state index contributed by atoms with van der Waals surface area (Å²) in [5, 5.41) is 6.07. The lowest BCUT2D eigenvalue weighted by Crippen LogP contribution is -2.35. The zero-order chi connectivity index (χ0) is 26.4. The number of methoxy groups -OCH3 is 3. The highest BCUT2D eigenvalue weighted by molar-refractivity contribution is 7.80. The zero-order valence-corrected chi connectivity index (χ0v) is 21.1. The maximum absolute atomic E-state index is 14.9. The highest BCUT2D eigenvalue weighted by Crippen LogP contribution is 2.37. The summed E-state index contributed by atoms with van der Waals surface area (Å²) in [7, 11) is 4.62. The van der Waals surface area contributed by atoms with Crippen LogP contribution in [0.4, 0.5) is 10.1 Å². The second-order valence-corrected chi connectivity index (χ2v) is 8.22. The Balaban J connectivity index is 1.43. The number of halogens is 1. The summed E-state index contributed by atoms with van der Waals surface area (Å²) < 4.78 is 36.6. The molecule has 0 aliphatic carbocycles. The molecular weight excluding hydrogens is 497 g/mol. The highest BCUT2D eigenvalue weighted by atomic mass is 32.1. The van der Waals surface area contributed by atoms with Gasteiger partial charge in [-0.05, 0) is 54.2 Å². The first-order chi connectivity index (χ1) is 17.9. The van der Waals surface area contributed by atoms with Gasteiger partial charge in [-0.15, -0.1) is 0 Å². The molecule has 1 heterocycles. The van der Waals surface area contributed by atoms with Gasteiger partial charge in [-0.2, -0.15) is 0 Å². The Morgan fingerprint density at radius 1 is 0.919 bits per heavy atom. The maximum atomic E-state index is 14.9. The van der Waals surface area contributed by atoms with Crippen molar-refractivity contribution in [2.75, 3.05) is 26.6 Å². The molecule has 37 heavy (non-hydrogen) atoms. The molecule has 2 N–H and O–H groups in total. The molecule has 10 heteroatoms. The fraction of sp³-hybridized carbons (Fsp3) is 0.148. The van der Waals surface area contributed by atoms with Crippen molar-refractivity contribution in [1.29, 1.82) is 0 Å². The third-order valence-corrected chi connectivity index (χ3v) is 5.57. The van der Waals surface area contributed by atoms with Crippen LogP contribution in [0, 0.1) is 5.82 Å². The minimum absolute atomic E-state index is 0.000753. The highest BCUT2D eigenvalue weighted by Gasteiger charge is 2.14. The number of hydrogen-bond donors (Lipinski definition) is 2. The Labute approximate surface area is 218 Å². The Morgan fingerprint density at radius 2 is 1.70 bits per heavy atom. The lowest BCUT2D eigenvalue weighted by atomic mass is 10.1. The number of ether oxygens (including phenoxy) is 4. The van der Waals surface area contributed by atoms with Crippen molar-refractivity contribution in [3.05, 3.63) is 78.2 Å². The van der Waals surface area contributed by atoms with Crippen LogP contribution in [0.15, 0.2) is 66.9 Å². The number of hydrogen-bond acceptors (Lipinski definition) is 7. The predicted molar refractivity (Wildman–Crippen MR) is 142 cm³/mol. The number of carbonyl (C=O) groups is 1. The summed E-state index contributed by atoms with van der Waals surface area (Å²) in [5.74, 6) is 1.13. The van der Waals surface area contributed by atoms with Crippen LogP contribution in [0.2, 0.25) is 0 Å². The van der Waals surface area contributed by atoms with E-state index in [9.17, 15) is 9.18 Å². The van der Waals surface area contributed by atoms with Crippen LogP contribution in [0.3, 0.4) is 0 Å². The molecule has 0 bridgehead atoms. The number of rotatable bonds is 8. The SMILES string of the molecule is COc1cccc(CC(=O)NC(=S)Nc2ccc(Oc3ccnc4cc(OC)c(OC)cc34)c(F)c2)c1. The van der Waals surface area contributed by atoms with Crippen molar-refractivity contribution in [2.45, 2.75) is 6.42 Å². The Bertz CT molecular complexity index is 1460. The van der Waals surface area contributed by atoms with Gasteiger partial charge in [-0.3, -0.25) is 9.78 Å². The zero-order valence-electron chi connectivity index (χ0n) is 20.3. The summed E-state index contributed by atoms with van der Waals surface area (Å²) >= 11 is 5.20. The normalized spacial score (nSPS) is 10.5. The van der Waals surface area contributed by atoms with Gasteiger partial charge in [-0.25, -0.2) is 4.39 Å². The maximum Gasteiger partial charge on any atom is 0.230 e. The topological polar surface area (TPSA) is 90.9 Å². The minimum atomic E-state index is -0.624. The fourth-order valence-electron chi connectivity index (χ4n) is 3.62. The van der Waals surface area contributed by atoms with E-state index in [1.165, 1.54) is 26.4 Å². The number of benzene rings is 3. The summed E-state index contributed by atoms with van der Waals surface area (Å²) in [6, 6.07) is 16.5. The number of fused-ring (bicyclic) bond motifs is 1. The number of pyridine rings is 1. The largest absolute Gasteiger partial charge is 0.497 e. The molecule has 190 valence electrons. The van der Waals surface area contributed by atoms with Crippen molar-refractivity contribution in [2.24, 2.45) is 0 Å². The van der Waals surface area contributed by atoms with E-state index < -0.39 is 5.82 Å². The lowest BCUT2D eigenvalue weighted by Gasteiger charge is -2.14. The predicted octanol–water partition coefficient (Wildman–Crippen LogP) is 5.25. The van der Waals surface area contributed by atoms with E-state index in [0.29, 0.717) is 39.6 Å². The standard InChI is InChI=1S/C27H24FN3O5S/c1-33-18-6-4-5-16(11-18)12-26(32)31-27(37)30-17-7-8-23(20(28)13-17)36-22-9-10-29-21-15-25(35-3)24(34-2)14-19(21)22/h4-11,13-15H,12H2,1-3H3,(H2,30,31,32,37). The van der Waals surface area contributed by atoms with Gasteiger partial charge in [0, 0.05) is 29.4 Å². The van der Waals surface area contributed by atoms with E-state index in [1.807, 2.05) is 6.07 Å². The first kappa shape index (κ1) is 25.6. The van der Waals surface area contributed by atoms with Gasteiger partial charge in [0.15, 0.2) is 28.2 Å². The van der Waals surface area contributed by atoms with Crippen LogP contribution < -0.4 is 29.6 Å². The van der Waals surface area contributed by atoms with E-state index in [0.717, 1.165) is 5.56 Å². The summed E-state index contributed by atoms with van der Waals surface area (Å²) in [4.78, 5) is 16.7. The van der Waals surface area contributed by atoms with Crippen molar-refractivity contribution in [1.82, 2.24) is 10.3 Å². The Morgan fingerprint density at radius 3 is 2.43 bits per heavy atom. The molecular formula is C27H24FN3O5S. The van der Waals surface area contributed by atoms with Crippen LogP contribution in [0.1, 0.15) is 5.56 Å². The van der Waals surface area contributed by atoms with Crippen LogP contribution in [-0.2, 0) is 11.2 Å². The molecule has 0 radical (unpaired) electrons. The number of nitrogens with zero attached hydrogens (tertiary/aromatic N) is 1. The van der Waals surface area contributed by atoms with E-state index in [4.69, 9.17) is 31.2 Å². The quantitative estimate of drug-likeness (QED) is 0.304. The molecule has 0 saturated carbocycles. The van der Waals surface area contributed by atoms with Crippen LogP contribution in [0.25, 0.3) is 10.9 Å². The van der Waals surface area contributed by atoms with Crippen molar-refractivity contribution in [3.63, 3.8) is 0 Å². The monoisotopic (exact) mass is 521 g/mol. The fourth-order valence-corrected chi connectivity index (χ4v) is 3.85. The summed E-state index contributed by atoms with van der Waals surface area (Å²) in [6.45, 7) is 0. The lowest BCUT2D eigenvalue weighted by molar-refractivity contribution is -0.119. The van der Waals surface area contributed by atoms with Gasteiger partial charge >= 0.3 is 0 Å². The molecule has 4 rings (SSSR count). The summed E-state index contributed by atoms with van der Waals surface area (Å²) in [6.07, 6.45) is 1.67. The van der Waals surface area contributed by atoms with E-state index in [1.54, 1.807) is 55.8 Å². The van der Waals surface area contributed by atoms with Crippen LogP contribution in [0.5, 0.6) is 28.7 Å². The molecule has 0 aliphatic rings. The number of amides is 1. The smallest absolute Gasteiger partial charge is 0.230 e. The van der Waals surface area contributed by atoms with Gasteiger partial charge < -0.3 is 29.6 Å². The van der Waals surface area contributed by atoms with Crippen molar-refractivity contribution < 1.29 is 28.1 Å². The minimum Gasteiger partial charge on any atom is -0.497 e. The number of carbonyl (C=O) groups excluding carboxylic acids is 1. The number of anilines is 1. The van der Waals surface area contributed by atoms with E-state index in [2.05, 4.69) is 15.6 Å². The first-order valence-corrected chi connectivity index (χ1v) is 11.5. The number of nitrogens with one attached hydrogen (secondary N) is 2. The molecule has 0 spiro atoms. The van der Waals surface area contributed by atoms with Crippen molar-refractivity contribution >= 4 is 39.8 Å². The number of thiocarbonyl (C=S) groups is 1. The van der Waals surface area contributed by atoms with Crippen molar-refractivity contribution in [3.8, 4) is 28.7 Å². The molecule has 0 fully saturated rings. The van der Waals surface area contributed by atoms with Crippen LogP contribution >= 0.6 is 12.2 Å². The number of aromatic nitrogens is 1. The molecule has 8 nitrogen and oxygen atoms in total. The second-order valence-electron chi connectivity index (χ2n) is 7.81. The van der Waals surface area contributed by atoms with Crippen LogP contribution in [-0.4, -0.2) is 37.3 Å². The summed E-state index contributed by atoms with van der Waals surface area (Å²) in [5.41, 5.74) is 1.72. The van der Waals surface area contributed by atoms with Gasteiger partial charge in [0.05, 0.1) is 33.3 Å². The van der Waals surface area contributed by atoms with Gasteiger partial charge in [0.2, 0.25) is 5.91 Å². The molecule has 1 amide bonds. The van der Waals surface area contributed by atoms with E-state index >= 15 is 0 Å². The third-order valence-electron chi connectivity index (χ3n) is 5.37. The van der Waals surface area contributed by atoms with E-state index in [-0.39, 0.29) is 23.2 Å². The average molecular weight is 522 g/mol. The molecule has 4 aromatic rings. The molecule has 0 atom stereocenters. The Hall–Kier alpha value is -4.44. The van der Waals surface area contributed by atoms with Gasteiger partial charge in [0.25, 0.3) is 0 Å². The average Bonchev–Trinajstić information content (AvgIpc) is 2.89. The Kier molecular flexibility index (Phi) is 7.99.